The summed E-state index contributed by atoms with van der Waals surface area (Å²) in [6, 6.07) is 6.63. The molecule has 0 aromatic heterocycles. The van der Waals surface area contributed by atoms with Crippen LogP contribution in [0.2, 0.25) is 0 Å². The van der Waals surface area contributed by atoms with Crippen LogP contribution in [-0.4, -0.2) is 46.9 Å². The molecule has 1 amide bonds. The Morgan fingerprint density at radius 1 is 1.40 bits per heavy atom. The summed E-state index contributed by atoms with van der Waals surface area (Å²) in [6.07, 6.45) is 0. The number of fused-ring (bicyclic) bond motifs is 1. The van der Waals surface area contributed by atoms with E-state index in [-0.39, 0.29) is 41.9 Å². The fourth-order valence-electron chi connectivity index (χ4n) is 2.61. The third kappa shape index (κ3) is 3.74. The maximum absolute atomic E-state index is 12.5. The lowest BCUT2D eigenvalue weighted by atomic mass is 10.0. The standard InChI is InChI=1S/C16H17ClN2O4S.ClH/c1-22-11-4-2-9(3-5-11)7-23-16(21)13-10(6-17)8-24-15-12(18)14(20)19(13)15;/h2-5,12,15H,6-8,18H2,1H3;1H/t12?,15-;/m1./s1. The molecule has 2 aliphatic heterocycles. The lowest BCUT2D eigenvalue weighted by Gasteiger charge is -2.48. The SMILES string of the molecule is COc1ccc(COC(=O)C2=C(CCl)CS[C@@H]3C(N)C(=O)N23)cc1.Cl. The average Bonchev–Trinajstić information content (AvgIpc) is 2.64. The molecule has 6 nitrogen and oxygen atoms in total. The maximum atomic E-state index is 12.5. The minimum Gasteiger partial charge on any atom is -0.497 e. The smallest absolute Gasteiger partial charge is 0.355 e. The number of alkyl halides is 1. The van der Waals surface area contributed by atoms with Gasteiger partial charge in [0.25, 0.3) is 0 Å². The van der Waals surface area contributed by atoms with E-state index in [1.165, 1.54) is 16.7 Å². The van der Waals surface area contributed by atoms with Crippen LogP contribution in [0.1, 0.15) is 5.56 Å². The molecule has 1 unspecified atom stereocenters. The second-order valence-electron chi connectivity index (χ2n) is 5.45. The predicted molar refractivity (Wildman–Crippen MR) is 98.9 cm³/mol. The van der Waals surface area contributed by atoms with E-state index in [1.807, 2.05) is 12.1 Å². The number of carbonyl (C=O) groups is 2. The van der Waals surface area contributed by atoms with Crippen molar-refractivity contribution in [2.75, 3.05) is 18.7 Å². The average molecular weight is 405 g/mol. The number of carbonyl (C=O) groups excluding carboxylic acids is 2. The number of hydrogen-bond donors (Lipinski definition) is 1. The molecule has 2 N–H and O–H groups in total. The molecule has 2 atom stereocenters. The lowest BCUT2D eigenvalue weighted by molar-refractivity contribution is -0.151. The minimum absolute atomic E-state index is 0. The fraction of sp³-hybridized carbons (Fsp3) is 0.375. The molecule has 3 rings (SSSR count). The van der Waals surface area contributed by atoms with Crippen LogP contribution >= 0.6 is 35.8 Å². The number of nitrogens with two attached hydrogens (primary N) is 1. The summed E-state index contributed by atoms with van der Waals surface area (Å²) >= 11 is 7.44. The number of nitrogens with zero attached hydrogens (tertiary/aromatic N) is 1. The van der Waals surface area contributed by atoms with Gasteiger partial charge in [0.05, 0.1) is 7.11 Å². The molecule has 136 valence electrons. The molecule has 1 aromatic carbocycles. The largest absolute Gasteiger partial charge is 0.497 e. The van der Waals surface area contributed by atoms with Gasteiger partial charge in [-0.15, -0.1) is 35.8 Å². The first kappa shape index (κ1) is 19.9. The summed E-state index contributed by atoms with van der Waals surface area (Å²) in [7, 11) is 1.58. The number of thioether (sulfide) groups is 1. The number of β-lactam (4-membered cyclic amide) rings is 1. The van der Waals surface area contributed by atoms with E-state index in [0.717, 1.165) is 11.3 Å². The second-order valence-corrected chi connectivity index (χ2v) is 6.82. The van der Waals surface area contributed by atoms with E-state index in [9.17, 15) is 9.59 Å². The van der Waals surface area contributed by atoms with E-state index in [2.05, 4.69) is 0 Å². The van der Waals surface area contributed by atoms with Gasteiger partial charge < -0.3 is 15.2 Å². The van der Waals surface area contributed by atoms with Crippen molar-refractivity contribution in [1.29, 1.82) is 0 Å². The number of rotatable bonds is 5. The first-order valence-corrected chi connectivity index (χ1v) is 8.93. The van der Waals surface area contributed by atoms with E-state index in [4.69, 9.17) is 26.8 Å². The Balaban J connectivity index is 0.00000225. The van der Waals surface area contributed by atoms with Crippen molar-refractivity contribution in [3.63, 3.8) is 0 Å². The topological polar surface area (TPSA) is 81.9 Å². The van der Waals surface area contributed by atoms with Crippen LogP contribution in [0, 0.1) is 0 Å². The summed E-state index contributed by atoms with van der Waals surface area (Å²) in [5, 5.41) is -0.215. The first-order valence-electron chi connectivity index (χ1n) is 7.35. The number of benzene rings is 1. The maximum Gasteiger partial charge on any atom is 0.355 e. The van der Waals surface area contributed by atoms with Crippen LogP contribution in [0.3, 0.4) is 0 Å². The molecule has 2 aliphatic rings. The van der Waals surface area contributed by atoms with Crippen molar-refractivity contribution in [3.05, 3.63) is 41.1 Å². The summed E-state index contributed by atoms with van der Waals surface area (Å²) in [5.41, 5.74) is 7.55. The highest BCUT2D eigenvalue weighted by atomic mass is 35.5. The quantitative estimate of drug-likeness (QED) is 0.458. The van der Waals surface area contributed by atoms with Crippen LogP contribution in [0.15, 0.2) is 35.5 Å². The minimum atomic E-state index is -0.573. The number of ether oxygens (including phenoxy) is 2. The van der Waals surface area contributed by atoms with Crippen molar-refractivity contribution in [1.82, 2.24) is 4.90 Å². The zero-order chi connectivity index (χ0) is 17.3. The van der Waals surface area contributed by atoms with Crippen molar-refractivity contribution in [2.24, 2.45) is 5.73 Å². The highest BCUT2D eigenvalue weighted by Gasteiger charge is 2.51. The van der Waals surface area contributed by atoms with Crippen LogP contribution in [0.25, 0.3) is 0 Å². The number of esters is 1. The molecule has 1 fully saturated rings. The fourth-order valence-corrected chi connectivity index (χ4v) is 4.24. The molecule has 0 saturated carbocycles. The summed E-state index contributed by atoms with van der Waals surface area (Å²) < 4.78 is 10.5. The molecule has 1 saturated heterocycles. The van der Waals surface area contributed by atoms with Gasteiger partial charge >= 0.3 is 5.97 Å². The molecular formula is C16H18Cl2N2O4S. The molecular weight excluding hydrogens is 387 g/mol. The van der Waals surface area contributed by atoms with Crippen molar-refractivity contribution < 1.29 is 19.1 Å². The monoisotopic (exact) mass is 404 g/mol. The van der Waals surface area contributed by atoms with Gasteiger partial charge in [0, 0.05) is 11.6 Å². The van der Waals surface area contributed by atoms with Gasteiger partial charge in [-0.1, -0.05) is 12.1 Å². The van der Waals surface area contributed by atoms with Gasteiger partial charge in [0.15, 0.2) is 0 Å². The Morgan fingerprint density at radius 3 is 2.68 bits per heavy atom. The highest BCUT2D eigenvalue weighted by molar-refractivity contribution is 8.00. The van der Waals surface area contributed by atoms with Gasteiger partial charge in [-0.05, 0) is 23.3 Å². The Hall–Kier alpha value is -1.41. The normalized spacial score (nSPS) is 21.9. The molecule has 0 aliphatic carbocycles. The summed E-state index contributed by atoms with van der Waals surface area (Å²) in [4.78, 5) is 25.9. The predicted octanol–water partition coefficient (Wildman–Crippen LogP) is 1.90. The zero-order valence-electron chi connectivity index (χ0n) is 13.4. The van der Waals surface area contributed by atoms with Crippen LogP contribution < -0.4 is 10.5 Å². The number of halogens is 2. The van der Waals surface area contributed by atoms with Crippen molar-refractivity contribution >= 4 is 47.6 Å². The van der Waals surface area contributed by atoms with E-state index >= 15 is 0 Å². The van der Waals surface area contributed by atoms with Gasteiger partial charge in [0.2, 0.25) is 5.91 Å². The third-order valence-corrected chi connectivity index (χ3v) is 5.66. The van der Waals surface area contributed by atoms with Crippen LogP contribution in [0.5, 0.6) is 5.75 Å². The Labute approximate surface area is 161 Å². The lowest BCUT2D eigenvalue weighted by Crippen LogP contribution is -2.68. The molecule has 9 heteroatoms. The van der Waals surface area contributed by atoms with E-state index in [0.29, 0.717) is 11.3 Å². The van der Waals surface area contributed by atoms with Gasteiger partial charge in [0.1, 0.15) is 29.5 Å². The van der Waals surface area contributed by atoms with E-state index in [1.54, 1.807) is 19.2 Å². The molecule has 0 bridgehead atoms. The molecule has 2 heterocycles. The third-order valence-electron chi connectivity index (χ3n) is 3.97. The number of methoxy groups -OCH3 is 1. The summed E-state index contributed by atoms with van der Waals surface area (Å²) in [6.45, 7) is 0.105. The highest BCUT2D eigenvalue weighted by Crippen LogP contribution is 2.40. The Kier molecular flexibility index (Phi) is 6.62. The van der Waals surface area contributed by atoms with Crippen LogP contribution in [0.4, 0.5) is 0 Å². The number of amides is 1. The van der Waals surface area contributed by atoms with Gasteiger partial charge in [-0.3, -0.25) is 9.69 Å². The molecule has 0 spiro atoms. The summed E-state index contributed by atoms with van der Waals surface area (Å²) in [5.74, 6) is 0.646. The van der Waals surface area contributed by atoms with Crippen LogP contribution in [-0.2, 0) is 20.9 Å². The number of hydrogen-bond acceptors (Lipinski definition) is 6. The zero-order valence-corrected chi connectivity index (χ0v) is 15.8. The Morgan fingerprint density at radius 2 is 2.08 bits per heavy atom. The Bertz CT molecular complexity index is 696. The second kappa shape index (κ2) is 8.31. The van der Waals surface area contributed by atoms with Crippen molar-refractivity contribution in [3.8, 4) is 5.75 Å². The molecule has 25 heavy (non-hydrogen) atoms. The molecule has 0 radical (unpaired) electrons. The molecule has 1 aromatic rings. The van der Waals surface area contributed by atoms with Crippen molar-refractivity contribution in [2.45, 2.75) is 18.0 Å². The van der Waals surface area contributed by atoms with Gasteiger partial charge in [-0.2, -0.15) is 0 Å². The van der Waals surface area contributed by atoms with Gasteiger partial charge in [-0.25, -0.2) is 4.79 Å². The first-order chi connectivity index (χ1) is 11.6. The van der Waals surface area contributed by atoms with E-state index < -0.39 is 12.0 Å².